The maximum absolute atomic E-state index is 12.2. The Bertz CT molecular complexity index is 428. The predicted octanol–water partition coefficient (Wildman–Crippen LogP) is 1.12. The van der Waals surface area contributed by atoms with Gasteiger partial charge < -0.3 is 20.7 Å². The molecule has 1 saturated carbocycles. The van der Waals surface area contributed by atoms with Crippen molar-refractivity contribution in [3.05, 3.63) is 18.0 Å². The fourth-order valence-corrected chi connectivity index (χ4v) is 2.51. The van der Waals surface area contributed by atoms with Gasteiger partial charge in [-0.05, 0) is 25.8 Å². The quantitative estimate of drug-likeness (QED) is 0.753. The molecule has 2 rings (SSSR count). The number of aliphatic hydroxyl groups excluding tert-OH is 1. The van der Waals surface area contributed by atoms with Crippen LogP contribution in [0.2, 0.25) is 0 Å². The molecule has 5 heteroatoms. The summed E-state index contributed by atoms with van der Waals surface area (Å²) in [4.78, 5) is 12.2. The highest BCUT2D eigenvalue weighted by Gasteiger charge is 2.25. The minimum Gasteiger partial charge on any atom is -0.397 e. The first-order valence-corrected chi connectivity index (χ1v) is 6.56. The van der Waals surface area contributed by atoms with Gasteiger partial charge in [-0.15, -0.1) is 0 Å². The Morgan fingerprint density at radius 3 is 2.94 bits per heavy atom. The Labute approximate surface area is 107 Å². The molecule has 0 aliphatic heterocycles. The van der Waals surface area contributed by atoms with Crippen molar-refractivity contribution < 1.29 is 9.90 Å². The number of nitrogens with two attached hydrogens (primary N) is 1. The summed E-state index contributed by atoms with van der Waals surface area (Å²) < 4.78 is 1.82. The number of nitrogen functional groups attached to an aromatic ring is 1. The average molecular weight is 251 g/mol. The predicted molar refractivity (Wildman–Crippen MR) is 70.2 cm³/mol. The molecule has 1 aliphatic carbocycles. The van der Waals surface area contributed by atoms with Crippen molar-refractivity contribution in [2.24, 2.45) is 0 Å². The molecule has 4 N–H and O–H groups in total. The summed E-state index contributed by atoms with van der Waals surface area (Å²) >= 11 is 0. The number of nitrogens with one attached hydrogen (secondary N) is 1. The van der Waals surface area contributed by atoms with Gasteiger partial charge in [0.1, 0.15) is 5.69 Å². The van der Waals surface area contributed by atoms with Gasteiger partial charge in [0.2, 0.25) is 0 Å². The maximum atomic E-state index is 12.2. The lowest BCUT2D eigenvalue weighted by molar-refractivity contribution is 0.0711. The molecule has 0 unspecified atom stereocenters. The number of nitrogens with zero attached hydrogens (tertiary/aromatic N) is 1. The molecule has 1 amide bonds. The van der Waals surface area contributed by atoms with E-state index in [1.807, 2.05) is 11.5 Å². The van der Waals surface area contributed by atoms with Crippen molar-refractivity contribution in [1.82, 2.24) is 9.88 Å². The lowest BCUT2D eigenvalue weighted by Gasteiger charge is -2.28. The first-order chi connectivity index (χ1) is 8.61. The molecule has 18 heavy (non-hydrogen) atoms. The first kappa shape index (κ1) is 13.0. The van der Waals surface area contributed by atoms with E-state index in [1.54, 1.807) is 12.3 Å². The number of carbonyl (C=O) groups excluding carboxylic acids is 1. The molecule has 1 aromatic rings. The number of carbonyl (C=O) groups is 1. The van der Waals surface area contributed by atoms with Gasteiger partial charge in [-0.25, -0.2) is 0 Å². The molecule has 2 atom stereocenters. The molecule has 0 aromatic carbocycles. The second-order valence-corrected chi connectivity index (χ2v) is 4.88. The number of aliphatic hydroxyl groups is 1. The molecular formula is C13H21N3O2. The third-order valence-corrected chi connectivity index (χ3v) is 3.54. The van der Waals surface area contributed by atoms with E-state index < -0.39 is 6.10 Å². The van der Waals surface area contributed by atoms with Crippen molar-refractivity contribution in [2.45, 2.75) is 51.3 Å². The molecule has 0 saturated heterocycles. The van der Waals surface area contributed by atoms with Crippen molar-refractivity contribution >= 4 is 11.6 Å². The van der Waals surface area contributed by atoms with E-state index >= 15 is 0 Å². The summed E-state index contributed by atoms with van der Waals surface area (Å²) in [6.07, 6.45) is 5.03. The maximum Gasteiger partial charge on any atom is 0.268 e. The fraction of sp³-hybridized carbons (Fsp3) is 0.615. The van der Waals surface area contributed by atoms with Crippen molar-refractivity contribution in [3.63, 3.8) is 0 Å². The molecule has 1 heterocycles. The van der Waals surface area contributed by atoms with E-state index in [1.165, 1.54) is 0 Å². The highest BCUT2D eigenvalue weighted by atomic mass is 16.3. The summed E-state index contributed by atoms with van der Waals surface area (Å²) in [7, 11) is 0. The van der Waals surface area contributed by atoms with E-state index in [0.717, 1.165) is 25.7 Å². The van der Waals surface area contributed by atoms with Gasteiger partial charge in [0, 0.05) is 12.7 Å². The summed E-state index contributed by atoms with van der Waals surface area (Å²) in [5.41, 5.74) is 6.85. The summed E-state index contributed by atoms with van der Waals surface area (Å²) in [6, 6.07) is 1.54. The van der Waals surface area contributed by atoms with Crippen LogP contribution < -0.4 is 11.1 Å². The average Bonchev–Trinajstić information content (AvgIpc) is 2.73. The smallest absolute Gasteiger partial charge is 0.268 e. The highest BCUT2D eigenvalue weighted by molar-refractivity contribution is 5.94. The monoisotopic (exact) mass is 251 g/mol. The summed E-state index contributed by atoms with van der Waals surface area (Å²) in [6.45, 7) is 2.67. The van der Waals surface area contributed by atoms with Crippen LogP contribution in [0.4, 0.5) is 5.69 Å². The van der Waals surface area contributed by atoms with Gasteiger partial charge >= 0.3 is 0 Å². The lowest BCUT2D eigenvalue weighted by atomic mass is 9.92. The summed E-state index contributed by atoms with van der Waals surface area (Å²) in [5.74, 6) is -0.153. The molecule has 1 aromatic heterocycles. The van der Waals surface area contributed by atoms with Crippen LogP contribution in [0, 0.1) is 0 Å². The number of anilines is 1. The van der Waals surface area contributed by atoms with Gasteiger partial charge in [-0.2, -0.15) is 0 Å². The minimum absolute atomic E-state index is 0.132. The third-order valence-electron chi connectivity index (χ3n) is 3.54. The molecule has 5 nitrogen and oxygen atoms in total. The van der Waals surface area contributed by atoms with Crippen LogP contribution in [0.5, 0.6) is 0 Å². The zero-order chi connectivity index (χ0) is 13.1. The Morgan fingerprint density at radius 2 is 2.28 bits per heavy atom. The van der Waals surface area contributed by atoms with E-state index in [0.29, 0.717) is 17.9 Å². The number of amides is 1. The van der Waals surface area contributed by atoms with E-state index in [2.05, 4.69) is 5.32 Å². The second-order valence-electron chi connectivity index (χ2n) is 4.88. The zero-order valence-electron chi connectivity index (χ0n) is 10.7. The summed E-state index contributed by atoms with van der Waals surface area (Å²) in [5, 5.41) is 12.8. The van der Waals surface area contributed by atoms with Crippen LogP contribution in [0.1, 0.15) is 43.1 Å². The Balaban J connectivity index is 2.06. The number of hydrogen-bond donors (Lipinski definition) is 3. The van der Waals surface area contributed by atoms with Crippen LogP contribution >= 0.6 is 0 Å². The lowest BCUT2D eigenvalue weighted by Crippen LogP contribution is -2.45. The van der Waals surface area contributed by atoms with Crippen molar-refractivity contribution in [1.29, 1.82) is 0 Å². The van der Waals surface area contributed by atoms with Gasteiger partial charge in [0.05, 0.1) is 17.8 Å². The minimum atomic E-state index is -0.426. The Kier molecular flexibility index (Phi) is 3.91. The van der Waals surface area contributed by atoms with Crippen molar-refractivity contribution in [2.75, 3.05) is 5.73 Å². The SMILES string of the molecule is CCn1cc(N)cc1C(=O)N[C@H]1CCCC[C@@H]1O. The molecule has 0 bridgehead atoms. The van der Waals surface area contributed by atoms with Crippen LogP contribution in [-0.2, 0) is 6.54 Å². The third kappa shape index (κ3) is 2.67. The molecular weight excluding hydrogens is 230 g/mol. The topological polar surface area (TPSA) is 80.3 Å². The number of aromatic nitrogens is 1. The molecule has 0 spiro atoms. The fourth-order valence-electron chi connectivity index (χ4n) is 2.51. The molecule has 1 aliphatic rings. The van der Waals surface area contributed by atoms with Gasteiger partial charge in [0.25, 0.3) is 5.91 Å². The molecule has 1 fully saturated rings. The van der Waals surface area contributed by atoms with E-state index in [4.69, 9.17) is 5.73 Å². The highest BCUT2D eigenvalue weighted by Crippen LogP contribution is 2.19. The Hall–Kier alpha value is -1.49. The first-order valence-electron chi connectivity index (χ1n) is 6.56. The van der Waals surface area contributed by atoms with Crippen LogP contribution in [0.15, 0.2) is 12.3 Å². The Morgan fingerprint density at radius 1 is 1.56 bits per heavy atom. The second kappa shape index (κ2) is 5.44. The normalized spacial score (nSPS) is 23.9. The molecule has 100 valence electrons. The van der Waals surface area contributed by atoms with Crippen LogP contribution in [0.25, 0.3) is 0 Å². The number of aryl methyl sites for hydroxylation is 1. The number of rotatable bonds is 3. The van der Waals surface area contributed by atoms with Gasteiger partial charge in [-0.3, -0.25) is 4.79 Å². The van der Waals surface area contributed by atoms with Crippen LogP contribution in [0.3, 0.4) is 0 Å². The molecule has 0 radical (unpaired) electrons. The number of hydrogen-bond acceptors (Lipinski definition) is 3. The van der Waals surface area contributed by atoms with E-state index in [-0.39, 0.29) is 11.9 Å². The van der Waals surface area contributed by atoms with Gasteiger partial charge in [0.15, 0.2) is 0 Å². The van der Waals surface area contributed by atoms with E-state index in [9.17, 15) is 9.90 Å². The van der Waals surface area contributed by atoms with Gasteiger partial charge in [-0.1, -0.05) is 12.8 Å². The zero-order valence-corrected chi connectivity index (χ0v) is 10.7. The van der Waals surface area contributed by atoms with Crippen molar-refractivity contribution in [3.8, 4) is 0 Å². The standard InChI is InChI=1S/C13H21N3O2/c1-2-16-8-9(14)7-11(16)13(18)15-10-5-3-4-6-12(10)17/h7-8,10,12,17H,2-6,14H2,1H3,(H,15,18)/t10-,12-/m0/s1. The largest absolute Gasteiger partial charge is 0.397 e. The van der Waals surface area contributed by atoms with Crippen LogP contribution in [-0.4, -0.2) is 27.7 Å².